The molecule has 8 heteroatoms. The summed E-state index contributed by atoms with van der Waals surface area (Å²) in [7, 11) is -0.542. The van der Waals surface area contributed by atoms with Gasteiger partial charge in [0, 0.05) is 12.7 Å². The Morgan fingerprint density at radius 2 is 1.92 bits per heavy atom. The fraction of sp³-hybridized carbons (Fsp3) is 0.500. The van der Waals surface area contributed by atoms with Crippen LogP contribution in [-0.4, -0.2) is 34.2 Å². The largest absolute Gasteiger partial charge is 0.491 e. The molecular formula is C16H22BClN2O3S. The lowest BCUT2D eigenvalue weighted by molar-refractivity contribution is -0.109. The summed E-state index contributed by atoms with van der Waals surface area (Å²) in [5, 5.41) is 0.275. The van der Waals surface area contributed by atoms with Gasteiger partial charge in [-0.15, -0.1) is 0 Å². The molecule has 0 amide bonds. The van der Waals surface area contributed by atoms with Gasteiger partial charge in [-0.3, -0.25) is 4.79 Å². The lowest BCUT2D eigenvalue weighted by Gasteiger charge is -2.32. The van der Waals surface area contributed by atoms with E-state index in [1.807, 2.05) is 33.8 Å². The van der Waals surface area contributed by atoms with Crippen LogP contribution in [-0.2, 0) is 14.1 Å². The second-order valence-electron chi connectivity index (χ2n) is 6.70. The number of aromatic nitrogens is 1. The Balaban J connectivity index is 2.33. The van der Waals surface area contributed by atoms with Gasteiger partial charge < -0.3 is 15.0 Å². The van der Waals surface area contributed by atoms with Crippen LogP contribution in [0.5, 0.6) is 0 Å². The molecule has 5 nitrogen and oxygen atoms in total. The van der Waals surface area contributed by atoms with Crippen molar-refractivity contribution in [1.82, 2.24) is 4.98 Å². The maximum Gasteiger partial charge on any atom is 0.491 e. The monoisotopic (exact) mass is 368 g/mol. The molecule has 0 aliphatic carbocycles. The predicted octanol–water partition coefficient (Wildman–Crippen LogP) is 3.61. The molecule has 0 aromatic carbocycles. The van der Waals surface area contributed by atoms with Crippen LogP contribution in [0.3, 0.4) is 0 Å². The quantitative estimate of drug-likeness (QED) is 0.646. The van der Waals surface area contributed by atoms with Gasteiger partial charge in [0.25, 0.3) is 0 Å². The van der Waals surface area contributed by atoms with Crippen molar-refractivity contribution in [2.24, 2.45) is 0 Å². The third-order valence-corrected chi connectivity index (χ3v) is 5.42. The molecule has 130 valence electrons. The van der Waals surface area contributed by atoms with Gasteiger partial charge in [-0.2, -0.15) is 0 Å². The minimum Gasteiger partial charge on any atom is -0.400 e. The van der Waals surface area contributed by atoms with Crippen LogP contribution in [0.1, 0.15) is 40.3 Å². The van der Waals surface area contributed by atoms with Crippen molar-refractivity contribution in [3.05, 3.63) is 28.5 Å². The number of nitrogen functional groups attached to an aromatic ring is 1. The van der Waals surface area contributed by atoms with Gasteiger partial charge in [0.1, 0.15) is 0 Å². The summed E-state index contributed by atoms with van der Waals surface area (Å²) in [4.78, 5) is 15.6. The van der Waals surface area contributed by atoms with Crippen LogP contribution in [0.25, 0.3) is 6.08 Å². The average molecular weight is 369 g/mol. The topological polar surface area (TPSA) is 74.4 Å². The Bertz CT molecular complexity index is 663. The smallest absolute Gasteiger partial charge is 0.400 e. The molecule has 24 heavy (non-hydrogen) atoms. The first-order chi connectivity index (χ1) is 11.0. The van der Waals surface area contributed by atoms with E-state index < -0.39 is 18.3 Å². The van der Waals surface area contributed by atoms with E-state index in [1.54, 1.807) is 12.1 Å². The summed E-state index contributed by atoms with van der Waals surface area (Å²) in [6.07, 6.45) is 1.84. The molecule has 1 aliphatic rings. The zero-order valence-electron chi connectivity index (χ0n) is 14.6. The number of halogens is 1. The summed E-state index contributed by atoms with van der Waals surface area (Å²) in [5.74, 6) is 0.454. The highest BCUT2D eigenvalue weighted by atomic mass is 35.5. The average Bonchev–Trinajstić information content (AvgIpc) is 2.67. The number of rotatable bonds is 4. The lowest BCUT2D eigenvalue weighted by atomic mass is 9.78. The number of nitrogens with two attached hydrogens (primary N) is 1. The van der Waals surface area contributed by atoms with Crippen LogP contribution in [0.15, 0.2) is 17.6 Å². The van der Waals surface area contributed by atoms with Gasteiger partial charge >= 0.3 is 7.12 Å². The maximum absolute atomic E-state index is 11.4. The van der Waals surface area contributed by atoms with E-state index in [9.17, 15) is 4.79 Å². The van der Waals surface area contributed by atoms with Gasteiger partial charge in [-0.25, -0.2) is 4.98 Å². The molecule has 2 heterocycles. The van der Waals surface area contributed by atoms with Crippen molar-refractivity contribution in [3.63, 3.8) is 0 Å². The number of thioether (sulfide) groups is 1. The second kappa shape index (κ2) is 7.08. The fourth-order valence-corrected chi connectivity index (χ4v) is 2.84. The van der Waals surface area contributed by atoms with Gasteiger partial charge in [0.15, 0.2) is 10.3 Å². The Morgan fingerprint density at radius 1 is 1.33 bits per heavy atom. The zero-order valence-corrected chi connectivity index (χ0v) is 16.1. The van der Waals surface area contributed by atoms with Gasteiger partial charge in [0.2, 0.25) is 0 Å². The molecule has 0 atom stereocenters. The van der Waals surface area contributed by atoms with Crippen molar-refractivity contribution in [2.75, 3.05) is 11.5 Å². The molecular weight excluding hydrogens is 347 g/mol. The van der Waals surface area contributed by atoms with Crippen molar-refractivity contribution < 1.29 is 14.1 Å². The fourth-order valence-electron chi connectivity index (χ4n) is 2.09. The van der Waals surface area contributed by atoms with E-state index in [0.29, 0.717) is 17.1 Å². The van der Waals surface area contributed by atoms with Crippen LogP contribution < -0.4 is 5.73 Å². The van der Waals surface area contributed by atoms with E-state index in [2.05, 4.69) is 4.98 Å². The molecule has 1 fully saturated rings. The Labute approximate surface area is 152 Å². The first kappa shape index (κ1) is 19.3. The summed E-state index contributed by atoms with van der Waals surface area (Å²) < 4.78 is 12.2. The van der Waals surface area contributed by atoms with Crippen molar-refractivity contribution in [1.29, 1.82) is 0 Å². The summed E-state index contributed by atoms with van der Waals surface area (Å²) in [6, 6.07) is 3.46. The third kappa shape index (κ3) is 4.33. The second-order valence-corrected chi connectivity index (χ2v) is 8.21. The predicted molar refractivity (Wildman–Crippen MR) is 101 cm³/mol. The molecule has 0 bridgehead atoms. The van der Waals surface area contributed by atoms with E-state index in [4.69, 9.17) is 26.6 Å². The molecule has 2 N–H and O–H groups in total. The minimum absolute atomic E-state index is 0.0284. The lowest BCUT2D eigenvalue weighted by Crippen LogP contribution is -2.41. The standard InChI is InChI=1S/C16H22BClN2O3S/c1-10(21)24-9-11(8-12-6-7-13(19)14(18)20-12)17-22-15(2,3)16(4,5)23-17/h6-8H,9,19H2,1-5H3. The van der Waals surface area contributed by atoms with Crippen LogP contribution in [0.2, 0.25) is 5.15 Å². The molecule has 0 radical (unpaired) electrons. The molecule has 0 spiro atoms. The molecule has 1 aromatic rings. The normalized spacial score (nSPS) is 19.6. The highest BCUT2D eigenvalue weighted by Gasteiger charge is 2.52. The number of pyridine rings is 1. The summed E-state index contributed by atoms with van der Waals surface area (Å²) in [6.45, 7) is 9.48. The van der Waals surface area contributed by atoms with E-state index >= 15 is 0 Å². The van der Waals surface area contributed by atoms with Crippen molar-refractivity contribution >= 4 is 47.4 Å². The maximum atomic E-state index is 11.4. The Morgan fingerprint density at radius 3 is 2.42 bits per heavy atom. The molecule has 1 aliphatic heterocycles. The minimum atomic E-state index is -0.542. The number of hydrogen-bond donors (Lipinski definition) is 1. The first-order valence-electron chi connectivity index (χ1n) is 7.63. The SMILES string of the molecule is CC(=O)SCC(=Cc1ccc(N)c(Cl)n1)B1OC(C)(C)C(C)(C)O1. The Kier molecular flexibility index (Phi) is 5.70. The highest BCUT2D eigenvalue weighted by molar-refractivity contribution is 8.13. The number of hydrogen-bond acceptors (Lipinski definition) is 6. The van der Waals surface area contributed by atoms with Gasteiger partial charge in [-0.05, 0) is 51.4 Å². The van der Waals surface area contributed by atoms with E-state index in [0.717, 1.165) is 5.47 Å². The first-order valence-corrected chi connectivity index (χ1v) is 9.00. The number of carbonyl (C=O) groups excluding carboxylic acids is 1. The number of anilines is 1. The molecule has 0 unspecified atom stereocenters. The third-order valence-electron chi connectivity index (χ3n) is 4.23. The molecule has 1 saturated heterocycles. The summed E-state index contributed by atoms with van der Waals surface area (Å²) >= 11 is 7.19. The zero-order chi connectivity index (χ0) is 18.1. The molecule has 2 rings (SSSR count). The van der Waals surface area contributed by atoms with Crippen LogP contribution in [0, 0.1) is 0 Å². The Hall–Kier alpha value is -1.02. The van der Waals surface area contributed by atoms with Gasteiger partial charge in [0.05, 0.1) is 22.6 Å². The van der Waals surface area contributed by atoms with Gasteiger partial charge in [-0.1, -0.05) is 23.4 Å². The molecule has 0 saturated carbocycles. The van der Waals surface area contributed by atoms with E-state index in [-0.39, 0.29) is 10.3 Å². The number of carbonyl (C=O) groups is 1. The summed E-state index contributed by atoms with van der Waals surface area (Å²) in [5.41, 5.74) is 6.67. The van der Waals surface area contributed by atoms with E-state index in [1.165, 1.54) is 18.7 Å². The molecule has 1 aromatic heterocycles. The van der Waals surface area contributed by atoms with Crippen molar-refractivity contribution in [2.45, 2.75) is 45.8 Å². The highest BCUT2D eigenvalue weighted by Crippen LogP contribution is 2.39. The van der Waals surface area contributed by atoms with Crippen LogP contribution in [0.4, 0.5) is 5.69 Å². The number of nitrogens with zero attached hydrogens (tertiary/aromatic N) is 1. The van der Waals surface area contributed by atoms with Crippen molar-refractivity contribution in [3.8, 4) is 0 Å². The van der Waals surface area contributed by atoms with Crippen LogP contribution >= 0.6 is 23.4 Å².